The molecular weight excluding hydrogens is 194 g/mol. The summed E-state index contributed by atoms with van der Waals surface area (Å²) in [4.78, 5) is 4.34. The monoisotopic (exact) mass is 211 g/mol. The Kier molecular flexibility index (Phi) is 3.84. The summed E-state index contributed by atoms with van der Waals surface area (Å²) in [5.41, 5.74) is 0.330. The molecule has 1 unspecified atom stereocenters. The standard InChI is InChI=1S/C11H17NOS/c1-4-5-6-11(3,13)7-10-8-14-9(2)12-10/h4,8,13H,1,5-7H2,2-3H3. The van der Waals surface area contributed by atoms with E-state index in [-0.39, 0.29) is 0 Å². The van der Waals surface area contributed by atoms with Crippen molar-refractivity contribution in [1.82, 2.24) is 4.98 Å². The van der Waals surface area contributed by atoms with Crippen LogP contribution in [0.5, 0.6) is 0 Å². The van der Waals surface area contributed by atoms with Gasteiger partial charge in [-0.3, -0.25) is 0 Å². The largest absolute Gasteiger partial charge is 0.390 e. The lowest BCUT2D eigenvalue weighted by atomic mass is 9.95. The minimum absolute atomic E-state index is 0.630. The molecule has 0 aliphatic heterocycles. The third-order valence-corrected chi connectivity index (χ3v) is 2.94. The topological polar surface area (TPSA) is 33.1 Å². The highest BCUT2D eigenvalue weighted by atomic mass is 32.1. The average molecular weight is 211 g/mol. The minimum Gasteiger partial charge on any atom is -0.390 e. The summed E-state index contributed by atoms with van der Waals surface area (Å²) in [6, 6.07) is 0. The molecule has 1 atom stereocenters. The summed E-state index contributed by atoms with van der Waals surface area (Å²) >= 11 is 1.63. The lowest BCUT2D eigenvalue weighted by Gasteiger charge is -2.21. The molecule has 0 aliphatic carbocycles. The molecule has 1 heterocycles. The maximum absolute atomic E-state index is 10.0. The van der Waals surface area contributed by atoms with Crippen molar-refractivity contribution in [2.75, 3.05) is 0 Å². The van der Waals surface area contributed by atoms with Crippen LogP contribution in [-0.2, 0) is 6.42 Å². The lowest BCUT2D eigenvalue weighted by molar-refractivity contribution is 0.0515. The molecule has 1 aromatic rings. The first-order valence-electron chi connectivity index (χ1n) is 4.78. The van der Waals surface area contributed by atoms with E-state index in [0.29, 0.717) is 6.42 Å². The van der Waals surface area contributed by atoms with E-state index in [1.54, 1.807) is 11.3 Å². The Morgan fingerprint density at radius 2 is 2.43 bits per heavy atom. The van der Waals surface area contributed by atoms with Crippen LogP contribution in [0.25, 0.3) is 0 Å². The Bertz CT molecular complexity index is 304. The van der Waals surface area contributed by atoms with Crippen molar-refractivity contribution < 1.29 is 5.11 Å². The van der Waals surface area contributed by atoms with Gasteiger partial charge in [0.15, 0.2) is 0 Å². The maximum atomic E-state index is 10.0. The van der Waals surface area contributed by atoms with Gasteiger partial charge in [-0.2, -0.15) is 0 Å². The molecule has 2 nitrogen and oxygen atoms in total. The SMILES string of the molecule is C=CCCC(C)(O)Cc1csc(C)n1. The number of hydrogen-bond acceptors (Lipinski definition) is 3. The zero-order chi connectivity index (χ0) is 10.6. The molecule has 0 saturated carbocycles. The Balaban J connectivity index is 2.53. The maximum Gasteiger partial charge on any atom is 0.0897 e. The van der Waals surface area contributed by atoms with E-state index in [0.717, 1.165) is 23.5 Å². The number of thiazole rings is 1. The number of nitrogens with zero attached hydrogens (tertiary/aromatic N) is 1. The molecule has 0 spiro atoms. The summed E-state index contributed by atoms with van der Waals surface area (Å²) in [6.07, 6.45) is 4.05. The number of aryl methyl sites for hydroxylation is 1. The van der Waals surface area contributed by atoms with Gasteiger partial charge in [0.1, 0.15) is 0 Å². The van der Waals surface area contributed by atoms with Crippen molar-refractivity contribution in [3.8, 4) is 0 Å². The van der Waals surface area contributed by atoms with Crippen molar-refractivity contribution in [2.45, 2.75) is 38.7 Å². The molecule has 1 rings (SSSR count). The van der Waals surface area contributed by atoms with E-state index < -0.39 is 5.60 Å². The molecule has 0 fully saturated rings. The third kappa shape index (κ3) is 3.60. The van der Waals surface area contributed by atoms with E-state index in [1.807, 2.05) is 25.3 Å². The fourth-order valence-corrected chi connectivity index (χ4v) is 1.99. The molecule has 14 heavy (non-hydrogen) atoms. The highest BCUT2D eigenvalue weighted by molar-refractivity contribution is 7.09. The minimum atomic E-state index is -0.658. The molecule has 1 N–H and O–H groups in total. The van der Waals surface area contributed by atoms with Crippen LogP contribution in [0.2, 0.25) is 0 Å². The van der Waals surface area contributed by atoms with Gasteiger partial charge in [0, 0.05) is 11.8 Å². The second kappa shape index (κ2) is 4.71. The Hall–Kier alpha value is -0.670. The quantitative estimate of drug-likeness (QED) is 0.760. The van der Waals surface area contributed by atoms with E-state index in [9.17, 15) is 5.11 Å². The van der Waals surface area contributed by atoms with Crippen LogP contribution in [0.4, 0.5) is 0 Å². The molecule has 1 aromatic heterocycles. The van der Waals surface area contributed by atoms with Gasteiger partial charge in [-0.15, -0.1) is 17.9 Å². The third-order valence-electron chi connectivity index (χ3n) is 2.12. The number of allylic oxidation sites excluding steroid dienone is 1. The molecule has 0 amide bonds. The summed E-state index contributed by atoms with van der Waals surface area (Å²) in [6.45, 7) is 7.48. The van der Waals surface area contributed by atoms with Crippen LogP contribution in [0.3, 0.4) is 0 Å². The smallest absolute Gasteiger partial charge is 0.0897 e. The molecule has 0 bridgehead atoms. The van der Waals surface area contributed by atoms with Crippen molar-refractivity contribution in [2.24, 2.45) is 0 Å². The fourth-order valence-electron chi connectivity index (χ4n) is 1.38. The first-order valence-corrected chi connectivity index (χ1v) is 5.66. The van der Waals surface area contributed by atoms with Gasteiger partial charge in [-0.05, 0) is 26.7 Å². The van der Waals surface area contributed by atoms with Crippen LogP contribution in [0.15, 0.2) is 18.0 Å². The number of hydrogen-bond donors (Lipinski definition) is 1. The fraction of sp³-hybridized carbons (Fsp3) is 0.545. The molecular formula is C11H17NOS. The van der Waals surface area contributed by atoms with Crippen molar-refractivity contribution in [3.63, 3.8) is 0 Å². The first-order chi connectivity index (χ1) is 6.53. The second-order valence-electron chi connectivity index (χ2n) is 3.86. The normalized spacial score (nSPS) is 15.1. The molecule has 0 aromatic carbocycles. The predicted molar refractivity (Wildman–Crippen MR) is 60.6 cm³/mol. The van der Waals surface area contributed by atoms with Crippen molar-refractivity contribution >= 4 is 11.3 Å². The Morgan fingerprint density at radius 1 is 1.71 bits per heavy atom. The van der Waals surface area contributed by atoms with E-state index in [4.69, 9.17) is 0 Å². The van der Waals surface area contributed by atoms with Gasteiger partial charge in [0.25, 0.3) is 0 Å². The highest BCUT2D eigenvalue weighted by Crippen LogP contribution is 2.20. The van der Waals surface area contributed by atoms with E-state index in [2.05, 4.69) is 11.6 Å². The second-order valence-corrected chi connectivity index (χ2v) is 4.92. The molecule has 3 heteroatoms. The molecule has 0 aliphatic rings. The average Bonchev–Trinajstić information content (AvgIpc) is 2.47. The summed E-state index contributed by atoms with van der Waals surface area (Å²) in [5.74, 6) is 0. The van der Waals surface area contributed by atoms with Crippen LogP contribution in [0, 0.1) is 6.92 Å². The summed E-state index contributed by atoms with van der Waals surface area (Å²) < 4.78 is 0. The van der Waals surface area contributed by atoms with E-state index >= 15 is 0 Å². The highest BCUT2D eigenvalue weighted by Gasteiger charge is 2.20. The van der Waals surface area contributed by atoms with Crippen LogP contribution in [-0.4, -0.2) is 15.7 Å². The predicted octanol–water partition coefficient (Wildman–Crippen LogP) is 2.71. The first kappa shape index (κ1) is 11.4. The van der Waals surface area contributed by atoms with Crippen molar-refractivity contribution in [3.05, 3.63) is 28.7 Å². The van der Waals surface area contributed by atoms with E-state index in [1.165, 1.54) is 0 Å². The van der Waals surface area contributed by atoms with Crippen LogP contribution in [0.1, 0.15) is 30.5 Å². The summed E-state index contributed by atoms with van der Waals surface area (Å²) in [7, 11) is 0. The molecule has 0 radical (unpaired) electrons. The molecule has 78 valence electrons. The van der Waals surface area contributed by atoms with Gasteiger partial charge in [0.2, 0.25) is 0 Å². The Labute approximate surface area is 89.3 Å². The number of rotatable bonds is 5. The van der Waals surface area contributed by atoms with Crippen LogP contribution >= 0.6 is 11.3 Å². The van der Waals surface area contributed by atoms with Gasteiger partial charge in [-0.1, -0.05) is 6.08 Å². The summed E-state index contributed by atoms with van der Waals surface area (Å²) in [5, 5.41) is 13.1. The zero-order valence-electron chi connectivity index (χ0n) is 8.79. The number of aliphatic hydroxyl groups is 1. The van der Waals surface area contributed by atoms with Gasteiger partial charge in [-0.25, -0.2) is 4.98 Å². The van der Waals surface area contributed by atoms with Gasteiger partial charge >= 0.3 is 0 Å². The van der Waals surface area contributed by atoms with Gasteiger partial charge < -0.3 is 5.11 Å². The lowest BCUT2D eigenvalue weighted by Crippen LogP contribution is -2.26. The zero-order valence-corrected chi connectivity index (χ0v) is 9.60. The molecule has 0 saturated heterocycles. The number of aromatic nitrogens is 1. The Morgan fingerprint density at radius 3 is 2.93 bits per heavy atom. The van der Waals surface area contributed by atoms with Crippen molar-refractivity contribution in [1.29, 1.82) is 0 Å². The van der Waals surface area contributed by atoms with Crippen LogP contribution < -0.4 is 0 Å². The van der Waals surface area contributed by atoms with Gasteiger partial charge in [0.05, 0.1) is 16.3 Å².